The van der Waals surface area contributed by atoms with Crippen LogP contribution in [-0.2, 0) is 0 Å². The van der Waals surface area contributed by atoms with Crippen molar-refractivity contribution in [1.82, 2.24) is 29.3 Å². The van der Waals surface area contributed by atoms with Gasteiger partial charge in [-0.15, -0.1) is 0 Å². The Hall–Kier alpha value is -3.19. The van der Waals surface area contributed by atoms with Gasteiger partial charge in [0, 0.05) is 53.7 Å². The molecule has 0 radical (unpaired) electrons. The minimum Gasteiger partial charge on any atom is -0.395 e. The normalized spacial score (nSPS) is 15.2. The van der Waals surface area contributed by atoms with Gasteiger partial charge in [-0.3, -0.25) is 4.68 Å². The van der Waals surface area contributed by atoms with Gasteiger partial charge in [-0.05, 0) is 38.0 Å². The van der Waals surface area contributed by atoms with Crippen LogP contribution >= 0.6 is 11.8 Å². The average molecular weight is 460 g/mol. The zero-order chi connectivity index (χ0) is 22.8. The maximum Gasteiger partial charge on any atom is 0.103 e. The van der Waals surface area contributed by atoms with E-state index in [0.29, 0.717) is 11.6 Å². The van der Waals surface area contributed by atoms with Gasteiger partial charge in [-0.25, -0.2) is 9.50 Å². The van der Waals surface area contributed by atoms with Crippen molar-refractivity contribution in [2.75, 3.05) is 26.2 Å². The molecule has 4 aromatic rings. The number of hydrogen-bond donors (Lipinski definition) is 1. The molecule has 1 aliphatic rings. The van der Waals surface area contributed by atoms with E-state index in [2.05, 4.69) is 38.7 Å². The summed E-state index contributed by atoms with van der Waals surface area (Å²) in [7, 11) is 0. The number of rotatable bonds is 6. The highest BCUT2D eigenvalue weighted by atomic mass is 32.2. The van der Waals surface area contributed by atoms with Crippen molar-refractivity contribution in [3.8, 4) is 17.2 Å². The second-order valence-electron chi connectivity index (χ2n) is 8.21. The summed E-state index contributed by atoms with van der Waals surface area (Å²) >= 11 is 1.53. The molecule has 0 spiro atoms. The van der Waals surface area contributed by atoms with Crippen LogP contribution in [0.4, 0.5) is 0 Å². The van der Waals surface area contributed by atoms with Crippen molar-refractivity contribution >= 4 is 17.3 Å². The molecule has 1 aliphatic heterocycles. The van der Waals surface area contributed by atoms with E-state index in [0.717, 1.165) is 64.7 Å². The number of aliphatic hydroxyl groups is 1. The van der Waals surface area contributed by atoms with Crippen LogP contribution in [0.3, 0.4) is 0 Å². The molecule has 1 fully saturated rings. The Morgan fingerprint density at radius 1 is 1.21 bits per heavy atom. The van der Waals surface area contributed by atoms with E-state index in [1.165, 1.54) is 11.8 Å². The number of β-amino-alcohol motifs (C(OH)–C–C–N with tert-alkyl or cyclic N) is 1. The summed E-state index contributed by atoms with van der Waals surface area (Å²) in [4.78, 5) is 7.68. The quantitative estimate of drug-likeness (QED) is 0.471. The predicted octanol–water partition coefficient (Wildman–Crippen LogP) is 3.55. The molecule has 33 heavy (non-hydrogen) atoms. The van der Waals surface area contributed by atoms with E-state index in [9.17, 15) is 10.4 Å². The van der Waals surface area contributed by atoms with Gasteiger partial charge in [-0.1, -0.05) is 17.8 Å². The molecule has 9 heteroatoms. The molecule has 4 aromatic heterocycles. The molecule has 0 saturated carbocycles. The highest BCUT2D eigenvalue weighted by Crippen LogP contribution is 2.36. The summed E-state index contributed by atoms with van der Waals surface area (Å²) in [5.74, 6) is 0. The van der Waals surface area contributed by atoms with Crippen molar-refractivity contribution < 1.29 is 5.11 Å². The first-order chi connectivity index (χ1) is 16.2. The molecule has 5 heterocycles. The van der Waals surface area contributed by atoms with Gasteiger partial charge in [0.25, 0.3) is 0 Å². The zero-order valence-corrected chi connectivity index (χ0v) is 19.2. The predicted molar refractivity (Wildman–Crippen MR) is 126 cm³/mol. The summed E-state index contributed by atoms with van der Waals surface area (Å²) in [5.41, 5.74) is 4.53. The SMILES string of the molecule is Cc1c(-c2cc(Sc3ccccn3)c3c(C#N)cnn3c2)cnn1C1CCN(CCO)CC1. The van der Waals surface area contributed by atoms with Crippen LogP contribution in [-0.4, -0.2) is 60.6 Å². The number of nitriles is 1. The smallest absolute Gasteiger partial charge is 0.103 e. The molecule has 0 aromatic carbocycles. The van der Waals surface area contributed by atoms with Crippen LogP contribution in [0, 0.1) is 18.3 Å². The Bertz CT molecular complexity index is 1300. The van der Waals surface area contributed by atoms with Gasteiger partial charge >= 0.3 is 0 Å². The monoisotopic (exact) mass is 459 g/mol. The van der Waals surface area contributed by atoms with Crippen molar-refractivity contribution in [1.29, 1.82) is 5.26 Å². The van der Waals surface area contributed by atoms with Gasteiger partial charge in [-0.2, -0.15) is 15.5 Å². The van der Waals surface area contributed by atoms with Crippen molar-refractivity contribution in [3.05, 3.63) is 60.3 Å². The van der Waals surface area contributed by atoms with Crippen LogP contribution in [0.2, 0.25) is 0 Å². The summed E-state index contributed by atoms with van der Waals surface area (Å²) in [6.07, 6.45) is 9.32. The largest absolute Gasteiger partial charge is 0.395 e. The molecule has 168 valence electrons. The minimum absolute atomic E-state index is 0.206. The Morgan fingerprint density at radius 3 is 2.79 bits per heavy atom. The second kappa shape index (κ2) is 9.35. The van der Waals surface area contributed by atoms with E-state index in [4.69, 9.17) is 5.10 Å². The Labute approximate surface area is 196 Å². The summed E-state index contributed by atoms with van der Waals surface area (Å²) in [6.45, 7) is 5.00. The second-order valence-corrected chi connectivity index (χ2v) is 9.27. The number of likely N-dealkylation sites (tertiary alicyclic amines) is 1. The van der Waals surface area contributed by atoms with Gasteiger partial charge in [0.2, 0.25) is 0 Å². The number of aliphatic hydroxyl groups excluding tert-OH is 1. The van der Waals surface area contributed by atoms with Gasteiger partial charge in [0.15, 0.2) is 0 Å². The van der Waals surface area contributed by atoms with E-state index >= 15 is 0 Å². The van der Waals surface area contributed by atoms with Crippen molar-refractivity contribution in [3.63, 3.8) is 0 Å². The Balaban J connectivity index is 1.50. The summed E-state index contributed by atoms with van der Waals surface area (Å²) in [6, 6.07) is 10.5. The molecule has 0 aliphatic carbocycles. The molecular weight excluding hydrogens is 434 g/mol. The number of fused-ring (bicyclic) bond motifs is 1. The fourth-order valence-electron chi connectivity index (χ4n) is 4.52. The maximum atomic E-state index is 9.59. The lowest BCUT2D eigenvalue weighted by atomic mass is 10.0. The maximum absolute atomic E-state index is 9.59. The molecule has 0 bridgehead atoms. The van der Waals surface area contributed by atoms with Crippen molar-refractivity contribution in [2.45, 2.75) is 35.7 Å². The third-order valence-electron chi connectivity index (χ3n) is 6.22. The topological polar surface area (TPSA) is 95.3 Å². The number of pyridine rings is 2. The average Bonchev–Trinajstić information content (AvgIpc) is 3.44. The molecular formula is C24H25N7OS. The lowest BCUT2D eigenvalue weighted by molar-refractivity contribution is 0.145. The third-order valence-corrected chi connectivity index (χ3v) is 7.21. The fraction of sp³-hybridized carbons (Fsp3) is 0.333. The summed E-state index contributed by atoms with van der Waals surface area (Å²) in [5, 5.41) is 28.8. The van der Waals surface area contributed by atoms with E-state index in [1.807, 2.05) is 30.6 Å². The molecule has 5 rings (SSSR count). The molecule has 1 saturated heterocycles. The fourth-order valence-corrected chi connectivity index (χ4v) is 5.49. The van der Waals surface area contributed by atoms with E-state index < -0.39 is 0 Å². The standard InChI is InChI=1S/C24H25N7OS/c1-17-21(15-28-31(17)20-5-8-29(9-6-20)10-11-32)18-12-22(33-23-4-2-3-7-26-23)24-19(13-25)14-27-30(24)16-18/h2-4,7,12,14-16,20,32H,5-6,8-11H2,1H3. The summed E-state index contributed by atoms with van der Waals surface area (Å²) < 4.78 is 3.93. The Kier molecular flexibility index (Phi) is 6.13. The lowest BCUT2D eigenvalue weighted by Crippen LogP contribution is -2.36. The van der Waals surface area contributed by atoms with Crippen LogP contribution in [0.1, 0.15) is 30.1 Å². The molecule has 0 unspecified atom stereocenters. The van der Waals surface area contributed by atoms with Crippen LogP contribution < -0.4 is 0 Å². The molecule has 8 nitrogen and oxygen atoms in total. The molecule has 1 N–H and O–H groups in total. The molecule has 0 atom stereocenters. The number of aromatic nitrogens is 5. The van der Waals surface area contributed by atoms with Crippen LogP contribution in [0.5, 0.6) is 0 Å². The first-order valence-corrected chi connectivity index (χ1v) is 11.9. The molecule has 0 amide bonds. The number of piperidine rings is 1. The highest BCUT2D eigenvalue weighted by Gasteiger charge is 2.23. The third kappa shape index (κ3) is 4.25. The van der Waals surface area contributed by atoms with Gasteiger partial charge in [0.1, 0.15) is 11.1 Å². The number of hydrogen-bond acceptors (Lipinski definition) is 7. The van der Waals surface area contributed by atoms with Crippen LogP contribution in [0.25, 0.3) is 16.6 Å². The zero-order valence-electron chi connectivity index (χ0n) is 18.4. The Morgan fingerprint density at radius 2 is 2.06 bits per heavy atom. The van der Waals surface area contributed by atoms with E-state index in [1.54, 1.807) is 16.9 Å². The van der Waals surface area contributed by atoms with Gasteiger partial charge in [0.05, 0.1) is 36.1 Å². The van der Waals surface area contributed by atoms with E-state index in [-0.39, 0.29) is 6.61 Å². The minimum atomic E-state index is 0.206. The highest BCUT2D eigenvalue weighted by molar-refractivity contribution is 7.99. The lowest BCUT2D eigenvalue weighted by Gasteiger charge is -2.32. The van der Waals surface area contributed by atoms with Gasteiger partial charge < -0.3 is 10.0 Å². The van der Waals surface area contributed by atoms with Crippen LogP contribution in [0.15, 0.2) is 59.0 Å². The first-order valence-electron chi connectivity index (χ1n) is 11.1. The number of nitrogens with zero attached hydrogens (tertiary/aromatic N) is 7. The van der Waals surface area contributed by atoms with Crippen molar-refractivity contribution in [2.24, 2.45) is 0 Å². The first kappa shape index (κ1) is 21.6.